The molecule has 5 heteroatoms. The summed E-state index contributed by atoms with van der Waals surface area (Å²) in [6.07, 6.45) is 2.02. The summed E-state index contributed by atoms with van der Waals surface area (Å²) in [7, 11) is 0. The molecular formula is C9H17N3OS. The number of aromatic nitrogens is 2. The minimum Gasteiger partial charge on any atom is -0.338 e. The molecule has 0 bridgehead atoms. The van der Waals surface area contributed by atoms with Crippen molar-refractivity contribution in [2.45, 2.75) is 38.6 Å². The van der Waals surface area contributed by atoms with Gasteiger partial charge in [0.15, 0.2) is 5.82 Å². The lowest BCUT2D eigenvalue weighted by atomic mass is 10.1. The molecule has 0 aliphatic rings. The standard InChI is InChI=1S/C9H17N3OS/c1-9(2,3)10-5-8-11-7(6-14-4)12-13-8/h10H,5-6H2,1-4H3. The highest BCUT2D eigenvalue weighted by Crippen LogP contribution is 2.06. The Bertz CT molecular complexity index is 280. The number of hydrogen-bond donors (Lipinski definition) is 1. The Labute approximate surface area is 88.8 Å². The van der Waals surface area contributed by atoms with Crippen LogP contribution in [0.1, 0.15) is 32.5 Å². The van der Waals surface area contributed by atoms with Gasteiger partial charge in [-0.1, -0.05) is 5.16 Å². The predicted molar refractivity (Wildman–Crippen MR) is 58.1 cm³/mol. The first-order chi connectivity index (χ1) is 6.51. The second-order valence-electron chi connectivity index (χ2n) is 4.14. The number of rotatable bonds is 4. The Morgan fingerprint density at radius 1 is 1.43 bits per heavy atom. The van der Waals surface area contributed by atoms with E-state index in [1.807, 2.05) is 6.26 Å². The van der Waals surface area contributed by atoms with Crippen molar-refractivity contribution in [1.82, 2.24) is 15.5 Å². The maximum atomic E-state index is 5.08. The molecule has 0 amide bonds. The van der Waals surface area contributed by atoms with Crippen molar-refractivity contribution in [2.75, 3.05) is 6.26 Å². The summed E-state index contributed by atoms with van der Waals surface area (Å²) >= 11 is 1.69. The van der Waals surface area contributed by atoms with Crippen LogP contribution in [0.4, 0.5) is 0 Å². The van der Waals surface area contributed by atoms with E-state index < -0.39 is 0 Å². The molecule has 80 valence electrons. The minimum absolute atomic E-state index is 0.0775. The average molecular weight is 215 g/mol. The van der Waals surface area contributed by atoms with Gasteiger partial charge in [-0.25, -0.2) is 0 Å². The topological polar surface area (TPSA) is 51.0 Å². The van der Waals surface area contributed by atoms with Gasteiger partial charge in [-0.05, 0) is 27.0 Å². The Morgan fingerprint density at radius 2 is 2.14 bits per heavy atom. The second-order valence-corrected chi connectivity index (χ2v) is 5.01. The molecule has 0 unspecified atom stereocenters. The molecule has 1 aromatic heterocycles. The monoisotopic (exact) mass is 215 g/mol. The van der Waals surface area contributed by atoms with Crippen molar-refractivity contribution >= 4 is 11.8 Å². The van der Waals surface area contributed by atoms with Crippen LogP contribution < -0.4 is 5.32 Å². The van der Waals surface area contributed by atoms with Crippen LogP contribution in [-0.4, -0.2) is 21.9 Å². The Balaban J connectivity index is 2.44. The number of nitrogens with zero attached hydrogens (tertiary/aromatic N) is 2. The minimum atomic E-state index is 0.0775. The van der Waals surface area contributed by atoms with Gasteiger partial charge in [0.05, 0.1) is 12.3 Å². The van der Waals surface area contributed by atoms with Crippen molar-refractivity contribution in [1.29, 1.82) is 0 Å². The molecule has 0 aliphatic heterocycles. The van der Waals surface area contributed by atoms with Crippen molar-refractivity contribution < 1.29 is 4.52 Å². The van der Waals surface area contributed by atoms with Crippen LogP contribution in [0.2, 0.25) is 0 Å². The highest BCUT2D eigenvalue weighted by atomic mass is 32.2. The first-order valence-corrected chi connectivity index (χ1v) is 5.96. The molecular weight excluding hydrogens is 198 g/mol. The summed E-state index contributed by atoms with van der Waals surface area (Å²) in [5.41, 5.74) is 0.0775. The van der Waals surface area contributed by atoms with E-state index in [0.717, 1.165) is 11.6 Å². The zero-order valence-electron chi connectivity index (χ0n) is 9.13. The molecule has 1 rings (SSSR count). The predicted octanol–water partition coefficient (Wildman–Crippen LogP) is 1.82. The Kier molecular flexibility index (Phi) is 3.95. The smallest absolute Gasteiger partial charge is 0.240 e. The largest absolute Gasteiger partial charge is 0.338 e. The van der Waals surface area contributed by atoms with Gasteiger partial charge in [0.1, 0.15) is 0 Å². The van der Waals surface area contributed by atoms with Crippen molar-refractivity contribution in [3.63, 3.8) is 0 Å². The van der Waals surface area contributed by atoms with Crippen molar-refractivity contribution in [2.24, 2.45) is 0 Å². The molecule has 0 aromatic carbocycles. The van der Waals surface area contributed by atoms with Gasteiger partial charge in [-0.3, -0.25) is 0 Å². The molecule has 0 radical (unpaired) electrons. The van der Waals surface area contributed by atoms with Gasteiger partial charge in [-0.2, -0.15) is 16.7 Å². The van der Waals surface area contributed by atoms with Crippen molar-refractivity contribution in [3.8, 4) is 0 Å². The summed E-state index contributed by atoms with van der Waals surface area (Å²) < 4.78 is 5.08. The van der Waals surface area contributed by atoms with E-state index in [4.69, 9.17) is 4.52 Å². The number of hydrogen-bond acceptors (Lipinski definition) is 5. The normalized spacial score (nSPS) is 12.0. The molecule has 0 fully saturated rings. The van der Waals surface area contributed by atoms with E-state index >= 15 is 0 Å². The molecule has 1 aromatic rings. The summed E-state index contributed by atoms with van der Waals surface area (Å²) in [5.74, 6) is 2.23. The Hall–Kier alpha value is -0.550. The summed E-state index contributed by atoms with van der Waals surface area (Å²) in [5, 5.41) is 7.15. The molecule has 0 saturated heterocycles. The number of nitrogens with one attached hydrogen (secondary N) is 1. The average Bonchev–Trinajstić information content (AvgIpc) is 2.49. The third kappa shape index (κ3) is 4.11. The van der Waals surface area contributed by atoms with Gasteiger partial charge in [-0.15, -0.1) is 0 Å². The Morgan fingerprint density at radius 3 is 2.71 bits per heavy atom. The van der Waals surface area contributed by atoms with Gasteiger partial charge < -0.3 is 9.84 Å². The SMILES string of the molecule is CSCc1noc(CNC(C)(C)C)n1. The summed E-state index contributed by atoms with van der Waals surface area (Å²) in [6.45, 7) is 6.94. The van der Waals surface area contributed by atoms with Crippen molar-refractivity contribution in [3.05, 3.63) is 11.7 Å². The van der Waals surface area contributed by atoms with Gasteiger partial charge in [0.2, 0.25) is 5.89 Å². The van der Waals surface area contributed by atoms with E-state index in [1.54, 1.807) is 11.8 Å². The quantitative estimate of drug-likeness (QED) is 0.830. The van der Waals surface area contributed by atoms with E-state index in [0.29, 0.717) is 12.4 Å². The lowest BCUT2D eigenvalue weighted by Gasteiger charge is -2.18. The molecule has 0 aliphatic carbocycles. The first kappa shape index (κ1) is 11.5. The van der Waals surface area contributed by atoms with Gasteiger partial charge in [0.25, 0.3) is 0 Å². The number of thioether (sulfide) groups is 1. The van der Waals surface area contributed by atoms with Crippen LogP contribution in [0, 0.1) is 0 Å². The third-order valence-electron chi connectivity index (χ3n) is 1.55. The van der Waals surface area contributed by atoms with Crippen LogP contribution in [0.15, 0.2) is 4.52 Å². The van der Waals surface area contributed by atoms with Crippen LogP contribution in [0.25, 0.3) is 0 Å². The summed E-state index contributed by atoms with van der Waals surface area (Å²) in [4.78, 5) is 4.24. The summed E-state index contributed by atoms with van der Waals surface area (Å²) in [6, 6.07) is 0. The van der Waals surface area contributed by atoms with E-state index in [-0.39, 0.29) is 5.54 Å². The fourth-order valence-electron chi connectivity index (χ4n) is 0.890. The lowest BCUT2D eigenvalue weighted by molar-refractivity contribution is 0.334. The molecule has 0 saturated carbocycles. The highest BCUT2D eigenvalue weighted by molar-refractivity contribution is 7.97. The fraction of sp³-hybridized carbons (Fsp3) is 0.778. The maximum Gasteiger partial charge on any atom is 0.240 e. The molecule has 0 atom stereocenters. The van der Waals surface area contributed by atoms with Crippen LogP contribution in [0.3, 0.4) is 0 Å². The van der Waals surface area contributed by atoms with E-state index in [9.17, 15) is 0 Å². The van der Waals surface area contributed by atoms with Crippen LogP contribution >= 0.6 is 11.8 Å². The highest BCUT2D eigenvalue weighted by Gasteiger charge is 2.11. The van der Waals surface area contributed by atoms with E-state index in [2.05, 4.69) is 36.2 Å². The van der Waals surface area contributed by atoms with Crippen LogP contribution in [0.5, 0.6) is 0 Å². The molecule has 4 nitrogen and oxygen atoms in total. The van der Waals surface area contributed by atoms with E-state index in [1.165, 1.54) is 0 Å². The first-order valence-electron chi connectivity index (χ1n) is 4.57. The van der Waals surface area contributed by atoms with Crippen LogP contribution in [-0.2, 0) is 12.3 Å². The zero-order valence-corrected chi connectivity index (χ0v) is 9.94. The third-order valence-corrected chi connectivity index (χ3v) is 2.10. The van der Waals surface area contributed by atoms with Gasteiger partial charge >= 0.3 is 0 Å². The zero-order chi connectivity index (χ0) is 10.6. The fourth-order valence-corrected chi connectivity index (χ4v) is 1.27. The second kappa shape index (κ2) is 4.79. The maximum absolute atomic E-state index is 5.08. The van der Waals surface area contributed by atoms with Gasteiger partial charge in [0, 0.05) is 5.54 Å². The molecule has 1 N–H and O–H groups in total. The molecule has 1 heterocycles. The molecule has 0 spiro atoms. The lowest BCUT2D eigenvalue weighted by Crippen LogP contribution is -2.35. The molecule has 14 heavy (non-hydrogen) atoms.